The topological polar surface area (TPSA) is 49.9 Å². The van der Waals surface area contributed by atoms with E-state index in [-0.39, 0.29) is 24.5 Å². The number of ketones is 1. The minimum atomic E-state index is 0.0284. The van der Waals surface area contributed by atoms with Crippen LogP contribution in [-0.2, 0) is 4.79 Å². The largest absolute Gasteiger partial charge is 0.492 e. The van der Waals surface area contributed by atoms with Crippen LogP contribution in [0.15, 0.2) is 60.7 Å². The molecule has 1 heterocycles. The second-order valence-corrected chi connectivity index (χ2v) is 6.67. The number of rotatable bonds is 8. The van der Waals surface area contributed by atoms with Gasteiger partial charge in [0.2, 0.25) is 5.91 Å². The van der Waals surface area contributed by atoms with Crippen LogP contribution in [0.2, 0.25) is 0 Å². The monoisotopic (exact) mass is 366 g/mol. The molecular formula is C22H26N2O3. The van der Waals surface area contributed by atoms with E-state index in [1.165, 1.54) is 0 Å². The molecule has 0 saturated carbocycles. The van der Waals surface area contributed by atoms with Gasteiger partial charge in [-0.2, -0.15) is 0 Å². The molecule has 0 aliphatic carbocycles. The summed E-state index contributed by atoms with van der Waals surface area (Å²) in [5, 5.41) is 0. The first-order valence-electron chi connectivity index (χ1n) is 9.48. The first kappa shape index (κ1) is 19.1. The van der Waals surface area contributed by atoms with Crippen LogP contribution in [0.4, 0.5) is 0 Å². The zero-order chi connectivity index (χ0) is 18.9. The molecule has 142 valence electrons. The molecular weight excluding hydrogens is 340 g/mol. The highest BCUT2D eigenvalue weighted by Crippen LogP contribution is 2.10. The number of piperazine rings is 1. The molecule has 5 heteroatoms. The van der Waals surface area contributed by atoms with Gasteiger partial charge in [0.05, 0.1) is 0 Å². The Bertz CT molecular complexity index is 726. The van der Waals surface area contributed by atoms with Gasteiger partial charge in [0.25, 0.3) is 0 Å². The van der Waals surface area contributed by atoms with Crippen LogP contribution in [0.25, 0.3) is 0 Å². The third kappa shape index (κ3) is 5.93. The lowest BCUT2D eigenvalue weighted by Gasteiger charge is -2.34. The molecule has 5 nitrogen and oxygen atoms in total. The summed E-state index contributed by atoms with van der Waals surface area (Å²) in [4.78, 5) is 28.7. The van der Waals surface area contributed by atoms with Crippen LogP contribution in [0.3, 0.4) is 0 Å². The van der Waals surface area contributed by atoms with Gasteiger partial charge in [0, 0.05) is 51.1 Å². The Hall–Kier alpha value is -2.66. The van der Waals surface area contributed by atoms with E-state index >= 15 is 0 Å². The number of carbonyl (C=O) groups excluding carboxylic acids is 2. The van der Waals surface area contributed by atoms with Crippen molar-refractivity contribution in [2.45, 2.75) is 12.8 Å². The Labute approximate surface area is 160 Å². The number of para-hydroxylation sites is 1. The Morgan fingerprint density at radius 3 is 2.11 bits per heavy atom. The molecule has 1 saturated heterocycles. The molecule has 0 spiro atoms. The van der Waals surface area contributed by atoms with E-state index in [2.05, 4.69) is 4.90 Å². The van der Waals surface area contributed by atoms with Crippen LogP contribution in [0.5, 0.6) is 5.75 Å². The van der Waals surface area contributed by atoms with Crippen molar-refractivity contribution < 1.29 is 14.3 Å². The Kier molecular flexibility index (Phi) is 6.99. The van der Waals surface area contributed by atoms with Gasteiger partial charge in [0.15, 0.2) is 5.78 Å². The zero-order valence-corrected chi connectivity index (χ0v) is 15.5. The van der Waals surface area contributed by atoms with Crippen molar-refractivity contribution in [2.75, 3.05) is 39.3 Å². The summed E-state index contributed by atoms with van der Waals surface area (Å²) in [6, 6.07) is 19.0. The maximum absolute atomic E-state index is 12.4. The van der Waals surface area contributed by atoms with Gasteiger partial charge in [-0.15, -0.1) is 0 Å². The number of ether oxygens (including phenoxy) is 1. The van der Waals surface area contributed by atoms with E-state index in [0.717, 1.165) is 25.4 Å². The number of benzene rings is 2. The fourth-order valence-corrected chi connectivity index (χ4v) is 3.18. The summed E-state index contributed by atoms with van der Waals surface area (Å²) in [6.07, 6.45) is 0.554. The molecule has 1 fully saturated rings. The fraction of sp³-hybridized carbons (Fsp3) is 0.364. The van der Waals surface area contributed by atoms with Crippen LogP contribution in [0, 0.1) is 0 Å². The first-order chi connectivity index (χ1) is 13.2. The minimum absolute atomic E-state index is 0.0284. The smallest absolute Gasteiger partial charge is 0.223 e. The average Bonchev–Trinajstić information content (AvgIpc) is 2.73. The number of nitrogens with zero attached hydrogens (tertiary/aromatic N) is 2. The van der Waals surface area contributed by atoms with E-state index in [9.17, 15) is 9.59 Å². The van der Waals surface area contributed by atoms with E-state index in [4.69, 9.17) is 4.74 Å². The van der Waals surface area contributed by atoms with Gasteiger partial charge >= 0.3 is 0 Å². The van der Waals surface area contributed by atoms with Gasteiger partial charge in [-0.3, -0.25) is 14.5 Å². The lowest BCUT2D eigenvalue weighted by atomic mass is 10.1. The zero-order valence-electron chi connectivity index (χ0n) is 15.5. The standard InChI is InChI=1S/C22H26N2O3/c25-21(19-7-3-1-4-8-19)11-12-22(26)24-15-13-23(14-16-24)17-18-27-20-9-5-2-6-10-20/h1-10H,11-18H2. The molecule has 0 unspecified atom stereocenters. The molecule has 3 rings (SSSR count). The van der Waals surface area contributed by atoms with Crippen molar-refractivity contribution in [2.24, 2.45) is 0 Å². The quantitative estimate of drug-likeness (QED) is 0.674. The van der Waals surface area contributed by atoms with Crippen molar-refractivity contribution in [1.29, 1.82) is 0 Å². The summed E-state index contributed by atoms with van der Waals surface area (Å²) in [7, 11) is 0. The highest BCUT2D eigenvalue weighted by atomic mass is 16.5. The van der Waals surface area contributed by atoms with Gasteiger partial charge in [-0.05, 0) is 12.1 Å². The minimum Gasteiger partial charge on any atom is -0.492 e. The second-order valence-electron chi connectivity index (χ2n) is 6.67. The average molecular weight is 366 g/mol. The Balaban J connectivity index is 1.33. The first-order valence-corrected chi connectivity index (χ1v) is 9.48. The number of Topliss-reactive ketones (excluding diaryl/α,β-unsaturated/α-hetero) is 1. The molecule has 27 heavy (non-hydrogen) atoms. The van der Waals surface area contributed by atoms with Gasteiger partial charge < -0.3 is 9.64 Å². The molecule has 0 aromatic heterocycles. The van der Waals surface area contributed by atoms with Gasteiger partial charge in [-0.25, -0.2) is 0 Å². The second kappa shape index (κ2) is 9.88. The molecule has 1 aliphatic rings. The third-order valence-corrected chi connectivity index (χ3v) is 4.81. The predicted octanol–water partition coefficient (Wildman–Crippen LogP) is 2.87. The molecule has 0 radical (unpaired) electrons. The van der Waals surface area contributed by atoms with Crippen LogP contribution >= 0.6 is 0 Å². The van der Waals surface area contributed by atoms with Crippen LogP contribution in [0.1, 0.15) is 23.2 Å². The van der Waals surface area contributed by atoms with Crippen molar-refractivity contribution >= 4 is 11.7 Å². The van der Waals surface area contributed by atoms with Crippen molar-refractivity contribution in [3.63, 3.8) is 0 Å². The van der Waals surface area contributed by atoms with Crippen molar-refractivity contribution in [3.05, 3.63) is 66.2 Å². The van der Waals surface area contributed by atoms with Crippen LogP contribution < -0.4 is 4.74 Å². The summed E-state index contributed by atoms with van der Waals surface area (Å²) < 4.78 is 5.73. The van der Waals surface area contributed by atoms with Crippen LogP contribution in [-0.4, -0.2) is 60.8 Å². The fourth-order valence-electron chi connectivity index (χ4n) is 3.18. The number of amides is 1. The summed E-state index contributed by atoms with van der Waals surface area (Å²) in [6.45, 7) is 4.60. The van der Waals surface area contributed by atoms with E-state index in [1.54, 1.807) is 12.1 Å². The molecule has 1 amide bonds. The van der Waals surface area contributed by atoms with E-state index in [0.29, 0.717) is 25.3 Å². The van der Waals surface area contributed by atoms with E-state index in [1.807, 2.05) is 53.4 Å². The summed E-state index contributed by atoms with van der Waals surface area (Å²) in [5.41, 5.74) is 0.675. The highest BCUT2D eigenvalue weighted by molar-refractivity contribution is 5.97. The van der Waals surface area contributed by atoms with Crippen molar-refractivity contribution in [3.8, 4) is 5.75 Å². The third-order valence-electron chi connectivity index (χ3n) is 4.81. The molecule has 0 N–H and O–H groups in total. The van der Waals surface area contributed by atoms with Crippen molar-refractivity contribution in [1.82, 2.24) is 9.80 Å². The summed E-state index contributed by atoms with van der Waals surface area (Å²) in [5.74, 6) is 0.981. The lowest BCUT2D eigenvalue weighted by Crippen LogP contribution is -2.49. The SMILES string of the molecule is O=C(CCC(=O)N1CCN(CCOc2ccccc2)CC1)c1ccccc1. The molecule has 1 aliphatic heterocycles. The summed E-state index contributed by atoms with van der Waals surface area (Å²) >= 11 is 0. The Morgan fingerprint density at radius 2 is 1.44 bits per heavy atom. The highest BCUT2D eigenvalue weighted by Gasteiger charge is 2.21. The number of hydrogen-bond donors (Lipinski definition) is 0. The molecule has 0 bridgehead atoms. The molecule has 2 aromatic carbocycles. The van der Waals surface area contributed by atoms with Gasteiger partial charge in [-0.1, -0.05) is 48.5 Å². The normalized spacial score (nSPS) is 14.7. The lowest BCUT2D eigenvalue weighted by molar-refractivity contribution is -0.132. The van der Waals surface area contributed by atoms with Gasteiger partial charge in [0.1, 0.15) is 12.4 Å². The van der Waals surface area contributed by atoms with E-state index < -0.39 is 0 Å². The number of hydrogen-bond acceptors (Lipinski definition) is 4. The Morgan fingerprint density at radius 1 is 0.815 bits per heavy atom. The predicted molar refractivity (Wildman–Crippen MR) is 105 cm³/mol. The maximum atomic E-state index is 12.4. The molecule has 0 atom stereocenters. The molecule has 2 aromatic rings. The number of carbonyl (C=O) groups is 2. The maximum Gasteiger partial charge on any atom is 0.223 e.